The first kappa shape index (κ1) is 18.5. The van der Waals surface area contributed by atoms with Crippen LogP contribution in [0.4, 0.5) is 11.5 Å². The van der Waals surface area contributed by atoms with Crippen LogP contribution in [0, 0.1) is 0 Å². The Labute approximate surface area is 159 Å². The Hall–Kier alpha value is -3.28. The molecule has 1 aromatic heterocycles. The van der Waals surface area contributed by atoms with E-state index in [-0.39, 0.29) is 11.3 Å². The van der Waals surface area contributed by atoms with Crippen LogP contribution in [0.25, 0.3) is 5.69 Å². The lowest BCUT2D eigenvalue weighted by Crippen LogP contribution is -2.13. The van der Waals surface area contributed by atoms with Crippen LogP contribution in [0.2, 0.25) is 0 Å². The molecule has 2 aromatic carbocycles. The van der Waals surface area contributed by atoms with E-state index in [2.05, 4.69) is 31.2 Å². The summed E-state index contributed by atoms with van der Waals surface area (Å²) in [5, 5.41) is 7.50. The van der Waals surface area contributed by atoms with Gasteiger partial charge in [-0.1, -0.05) is 39.0 Å². The van der Waals surface area contributed by atoms with Crippen molar-refractivity contribution in [3.05, 3.63) is 65.9 Å². The summed E-state index contributed by atoms with van der Waals surface area (Å²) < 4.78 is 7.16. The number of nitrogens with one attached hydrogen (secondary N) is 1. The van der Waals surface area contributed by atoms with Gasteiger partial charge in [-0.25, -0.2) is 4.68 Å². The van der Waals surface area contributed by atoms with E-state index < -0.39 is 0 Å². The van der Waals surface area contributed by atoms with Crippen molar-refractivity contribution in [3.63, 3.8) is 0 Å². The highest BCUT2D eigenvalue weighted by atomic mass is 16.5. The van der Waals surface area contributed by atoms with Crippen molar-refractivity contribution in [1.29, 1.82) is 0 Å². The van der Waals surface area contributed by atoms with Crippen LogP contribution in [0.1, 0.15) is 36.8 Å². The van der Waals surface area contributed by atoms with Gasteiger partial charge in [0.05, 0.1) is 12.8 Å². The third-order valence-electron chi connectivity index (χ3n) is 4.21. The Kier molecular flexibility index (Phi) is 4.90. The van der Waals surface area contributed by atoms with Gasteiger partial charge < -0.3 is 15.8 Å². The molecule has 0 aliphatic rings. The van der Waals surface area contributed by atoms with Crippen molar-refractivity contribution in [2.45, 2.75) is 26.2 Å². The summed E-state index contributed by atoms with van der Waals surface area (Å²) in [6.07, 6.45) is 0. The summed E-state index contributed by atoms with van der Waals surface area (Å²) in [5.41, 5.74) is 8.87. The quantitative estimate of drug-likeness (QED) is 0.733. The van der Waals surface area contributed by atoms with Crippen LogP contribution < -0.4 is 15.8 Å². The number of aromatic nitrogens is 2. The summed E-state index contributed by atoms with van der Waals surface area (Å²) in [4.78, 5) is 12.3. The minimum atomic E-state index is -0.181. The third-order valence-corrected chi connectivity index (χ3v) is 4.21. The van der Waals surface area contributed by atoms with Gasteiger partial charge in [0.1, 0.15) is 17.3 Å². The maximum atomic E-state index is 12.3. The van der Waals surface area contributed by atoms with Crippen LogP contribution in [-0.2, 0) is 5.41 Å². The molecule has 0 saturated carbocycles. The summed E-state index contributed by atoms with van der Waals surface area (Å²) >= 11 is 0. The number of hydrogen-bond acceptors (Lipinski definition) is 4. The van der Waals surface area contributed by atoms with Crippen molar-refractivity contribution in [1.82, 2.24) is 9.78 Å². The largest absolute Gasteiger partial charge is 0.494 e. The smallest absolute Gasteiger partial charge is 0.255 e. The zero-order chi connectivity index (χ0) is 19.6. The van der Waals surface area contributed by atoms with E-state index in [4.69, 9.17) is 10.5 Å². The van der Waals surface area contributed by atoms with Crippen molar-refractivity contribution >= 4 is 17.4 Å². The molecular weight excluding hydrogens is 340 g/mol. The first-order chi connectivity index (χ1) is 12.8. The Morgan fingerprint density at radius 2 is 1.81 bits per heavy atom. The molecule has 6 heteroatoms. The van der Waals surface area contributed by atoms with Gasteiger partial charge in [0.25, 0.3) is 5.91 Å². The predicted molar refractivity (Wildman–Crippen MR) is 108 cm³/mol. The molecule has 0 spiro atoms. The molecule has 27 heavy (non-hydrogen) atoms. The van der Waals surface area contributed by atoms with Crippen LogP contribution >= 0.6 is 0 Å². The number of methoxy groups -OCH3 is 1. The fourth-order valence-electron chi connectivity index (χ4n) is 2.68. The summed E-state index contributed by atoms with van der Waals surface area (Å²) in [6, 6.07) is 16.3. The lowest BCUT2D eigenvalue weighted by Gasteiger charge is -2.15. The van der Waals surface area contributed by atoms with Crippen LogP contribution in [-0.4, -0.2) is 22.8 Å². The number of anilines is 2. The summed E-state index contributed by atoms with van der Waals surface area (Å²) in [6.45, 7) is 6.25. The molecule has 140 valence electrons. The number of amides is 1. The summed E-state index contributed by atoms with van der Waals surface area (Å²) in [7, 11) is 1.58. The average Bonchev–Trinajstić information content (AvgIpc) is 3.04. The number of nitrogens with two attached hydrogens (primary N) is 1. The number of rotatable bonds is 4. The maximum absolute atomic E-state index is 12.3. The second-order valence-electron chi connectivity index (χ2n) is 7.32. The van der Waals surface area contributed by atoms with E-state index in [1.54, 1.807) is 36.1 Å². The van der Waals surface area contributed by atoms with Gasteiger partial charge in [-0.05, 0) is 24.3 Å². The van der Waals surface area contributed by atoms with Crippen molar-refractivity contribution in [2.75, 3.05) is 18.2 Å². The SMILES string of the molecule is COc1cc(NC(=O)c2ccccc2)ccc1-n1nc(C(C)(C)C)cc1N. The number of ether oxygens (including phenoxy) is 1. The van der Waals surface area contributed by atoms with Gasteiger partial charge in [-0.2, -0.15) is 5.10 Å². The number of carbonyl (C=O) groups excluding carboxylic acids is 1. The minimum Gasteiger partial charge on any atom is -0.494 e. The van der Waals surface area contributed by atoms with Crippen molar-refractivity contribution < 1.29 is 9.53 Å². The van der Waals surface area contributed by atoms with E-state index >= 15 is 0 Å². The van der Waals surface area contributed by atoms with Crippen molar-refractivity contribution in [3.8, 4) is 11.4 Å². The van der Waals surface area contributed by atoms with Gasteiger partial charge in [0, 0.05) is 28.8 Å². The number of carbonyl (C=O) groups is 1. The van der Waals surface area contributed by atoms with E-state index in [9.17, 15) is 4.79 Å². The van der Waals surface area contributed by atoms with E-state index in [1.807, 2.05) is 30.3 Å². The third kappa shape index (κ3) is 3.95. The van der Waals surface area contributed by atoms with Gasteiger partial charge in [0.15, 0.2) is 0 Å². The number of nitrogens with zero attached hydrogens (tertiary/aromatic N) is 2. The van der Waals surface area contributed by atoms with Crippen LogP contribution in [0.3, 0.4) is 0 Å². The second kappa shape index (κ2) is 7.15. The van der Waals surface area contributed by atoms with E-state index in [1.165, 1.54) is 0 Å². The molecular formula is C21H24N4O2. The molecule has 1 heterocycles. The molecule has 3 N–H and O–H groups in total. The molecule has 0 saturated heterocycles. The van der Waals surface area contributed by atoms with Crippen molar-refractivity contribution in [2.24, 2.45) is 0 Å². The lowest BCUT2D eigenvalue weighted by atomic mass is 9.92. The average molecular weight is 364 g/mol. The van der Waals surface area contributed by atoms with Gasteiger partial charge >= 0.3 is 0 Å². The molecule has 3 rings (SSSR count). The second-order valence-corrected chi connectivity index (χ2v) is 7.32. The van der Waals surface area contributed by atoms with E-state index in [0.29, 0.717) is 28.5 Å². The zero-order valence-electron chi connectivity index (χ0n) is 16.0. The van der Waals surface area contributed by atoms with Gasteiger partial charge in [-0.3, -0.25) is 4.79 Å². The van der Waals surface area contributed by atoms with Gasteiger partial charge in [-0.15, -0.1) is 0 Å². The topological polar surface area (TPSA) is 82.2 Å². The van der Waals surface area contributed by atoms with E-state index in [0.717, 1.165) is 5.69 Å². The normalized spacial score (nSPS) is 11.3. The highest BCUT2D eigenvalue weighted by Gasteiger charge is 2.21. The Bertz CT molecular complexity index is 956. The molecule has 0 radical (unpaired) electrons. The first-order valence-corrected chi connectivity index (χ1v) is 8.70. The lowest BCUT2D eigenvalue weighted by molar-refractivity contribution is 0.102. The molecule has 1 amide bonds. The highest BCUT2D eigenvalue weighted by Crippen LogP contribution is 2.31. The Morgan fingerprint density at radius 1 is 1.11 bits per heavy atom. The number of benzene rings is 2. The van der Waals surface area contributed by atoms with Crippen LogP contribution in [0.15, 0.2) is 54.6 Å². The predicted octanol–water partition coefficient (Wildman–Crippen LogP) is 4.01. The Morgan fingerprint density at radius 3 is 2.41 bits per heavy atom. The molecule has 0 unspecified atom stereocenters. The molecule has 0 atom stereocenters. The molecule has 0 bridgehead atoms. The molecule has 0 fully saturated rings. The zero-order valence-corrected chi connectivity index (χ0v) is 16.0. The maximum Gasteiger partial charge on any atom is 0.255 e. The fraction of sp³-hybridized carbons (Fsp3) is 0.238. The Balaban J connectivity index is 1.91. The highest BCUT2D eigenvalue weighted by molar-refractivity contribution is 6.04. The molecule has 0 aliphatic carbocycles. The number of hydrogen-bond donors (Lipinski definition) is 2. The standard InChI is InChI=1S/C21H24N4O2/c1-21(2,3)18-13-19(22)25(24-18)16-11-10-15(12-17(16)27-4)23-20(26)14-8-6-5-7-9-14/h5-13H,22H2,1-4H3,(H,23,26). The minimum absolute atomic E-state index is 0.115. The molecule has 3 aromatic rings. The monoisotopic (exact) mass is 364 g/mol. The molecule has 0 aliphatic heterocycles. The first-order valence-electron chi connectivity index (χ1n) is 8.70. The fourth-order valence-corrected chi connectivity index (χ4v) is 2.68. The summed E-state index contributed by atoms with van der Waals surface area (Å²) in [5.74, 6) is 0.912. The van der Waals surface area contributed by atoms with Gasteiger partial charge in [0.2, 0.25) is 0 Å². The molecule has 6 nitrogen and oxygen atoms in total. The number of nitrogen functional groups attached to an aromatic ring is 1. The van der Waals surface area contributed by atoms with Crippen LogP contribution in [0.5, 0.6) is 5.75 Å².